The quantitative estimate of drug-likeness (QED) is 0.0244. The second kappa shape index (κ2) is 25.3. The monoisotopic (exact) mass is 931 g/mol. The van der Waals surface area contributed by atoms with Crippen LogP contribution >= 0.6 is 0 Å². The van der Waals surface area contributed by atoms with E-state index in [1.807, 2.05) is 60.7 Å². The van der Waals surface area contributed by atoms with Crippen molar-refractivity contribution >= 4 is 14.3 Å². The van der Waals surface area contributed by atoms with Crippen molar-refractivity contribution in [3.63, 3.8) is 0 Å². The van der Waals surface area contributed by atoms with Crippen LogP contribution in [-0.2, 0) is 50.9 Å². The normalized spacial score (nSPS) is 24.3. The molecule has 66 heavy (non-hydrogen) atoms. The summed E-state index contributed by atoms with van der Waals surface area (Å²) < 4.78 is 50.3. The number of allylic oxidation sites excluding steroid dienone is 2. The van der Waals surface area contributed by atoms with E-state index in [0.717, 1.165) is 49.0 Å². The van der Waals surface area contributed by atoms with E-state index in [4.69, 9.17) is 37.6 Å². The Morgan fingerprint density at radius 2 is 1.47 bits per heavy atom. The molecule has 0 spiro atoms. The van der Waals surface area contributed by atoms with Crippen LogP contribution in [0.3, 0.4) is 0 Å². The molecule has 3 saturated heterocycles. The summed E-state index contributed by atoms with van der Waals surface area (Å²) in [6.45, 7) is 28.2. The van der Waals surface area contributed by atoms with Crippen LogP contribution in [0.4, 0.5) is 0 Å². The number of esters is 1. The summed E-state index contributed by atoms with van der Waals surface area (Å²) in [7, 11) is -0.609. The number of benzene rings is 2. The van der Waals surface area contributed by atoms with Gasteiger partial charge in [-0.3, -0.25) is 0 Å². The van der Waals surface area contributed by atoms with Crippen molar-refractivity contribution in [2.24, 2.45) is 5.41 Å². The average molecular weight is 931 g/mol. The SMILES string of the molecule is C=C1C[C@H](C[C@@H]2CC(=C)C[C@H](/C=C/C(C)(C)C/C=C3/C[C@@](COCOCc4ccccc4)(CO[Si](C(C)C)(C(C)C)C(C)C)OC3=O)O2)O[C@H](C[C@H](CCO)OCc2ccc(OC)cc2)C1. The molecule has 3 aliphatic heterocycles. The van der Waals surface area contributed by atoms with Gasteiger partial charge in [-0.05, 0) is 83.8 Å². The van der Waals surface area contributed by atoms with E-state index >= 15 is 0 Å². The lowest BCUT2D eigenvalue weighted by Crippen LogP contribution is -2.52. The Morgan fingerprint density at radius 1 is 0.833 bits per heavy atom. The zero-order valence-corrected chi connectivity index (χ0v) is 42.7. The number of carbonyl (C=O) groups is 1. The van der Waals surface area contributed by atoms with Crippen LogP contribution in [0.2, 0.25) is 16.6 Å². The minimum absolute atomic E-state index is 0.0213. The number of cyclic esters (lactones) is 1. The standard InChI is InChI=1S/C55H82O10Si/c1-39(2)66(40(3)4,41(5)6)62-37-55(36-60-38-59-34-44-15-13-12-14-16-44)33-46(53(57)65-55)21-24-54(9,10)25-22-49-27-42(7)28-51(63-49)32-52-30-43(8)29-50(64-52)31-48(23-26-56)61-35-45-17-19-47(58-11)20-18-45/h12-22,25,39-41,48-52,56H,7-8,23-24,26-38H2,1-6,9-11H3/b25-22+,46-21-/t48-,49-,50-,51-,52+,55+/m0/s1. The number of rotatable bonds is 26. The highest BCUT2D eigenvalue weighted by Crippen LogP contribution is 2.44. The molecule has 3 heterocycles. The first kappa shape index (κ1) is 53.6. The van der Waals surface area contributed by atoms with Gasteiger partial charge in [0.05, 0.1) is 64.1 Å². The predicted molar refractivity (Wildman–Crippen MR) is 265 cm³/mol. The van der Waals surface area contributed by atoms with Gasteiger partial charge < -0.3 is 42.7 Å². The predicted octanol–water partition coefficient (Wildman–Crippen LogP) is 11.9. The third kappa shape index (κ3) is 15.8. The van der Waals surface area contributed by atoms with Crippen LogP contribution in [-0.4, -0.2) is 89.2 Å². The smallest absolute Gasteiger partial charge is 0.334 e. The summed E-state index contributed by atoms with van der Waals surface area (Å²) in [5.74, 6) is 0.494. The summed E-state index contributed by atoms with van der Waals surface area (Å²) in [5, 5.41) is 9.84. The van der Waals surface area contributed by atoms with E-state index in [1.165, 1.54) is 11.1 Å². The van der Waals surface area contributed by atoms with E-state index in [0.29, 0.717) is 61.1 Å². The van der Waals surface area contributed by atoms with Gasteiger partial charge in [0.2, 0.25) is 8.32 Å². The third-order valence-electron chi connectivity index (χ3n) is 13.6. The van der Waals surface area contributed by atoms with E-state index in [1.54, 1.807) is 7.11 Å². The van der Waals surface area contributed by atoms with Crippen LogP contribution in [0, 0.1) is 5.41 Å². The van der Waals surface area contributed by atoms with Gasteiger partial charge in [-0.25, -0.2) is 4.79 Å². The molecule has 0 aliphatic carbocycles. The molecule has 2 aromatic rings. The minimum atomic E-state index is -2.26. The molecule has 0 unspecified atom stereocenters. The molecule has 3 aliphatic rings. The Kier molecular flexibility index (Phi) is 20.5. The molecule has 0 amide bonds. The fraction of sp³-hybridized carbons (Fsp3) is 0.618. The van der Waals surface area contributed by atoms with Crippen molar-refractivity contribution in [1.82, 2.24) is 0 Å². The first-order valence-electron chi connectivity index (χ1n) is 24.4. The zero-order valence-electron chi connectivity index (χ0n) is 41.7. The topological polar surface area (TPSA) is 111 Å². The van der Waals surface area contributed by atoms with Gasteiger partial charge >= 0.3 is 5.97 Å². The second-order valence-electron chi connectivity index (χ2n) is 20.7. The largest absolute Gasteiger partial charge is 0.497 e. The fourth-order valence-corrected chi connectivity index (χ4v) is 15.8. The zero-order chi connectivity index (χ0) is 47.9. The summed E-state index contributed by atoms with van der Waals surface area (Å²) in [4.78, 5) is 13.7. The number of aliphatic hydroxyl groups is 1. The number of methoxy groups -OCH3 is 1. The van der Waals surface area contributed by atoms with Gasteiger partial charge in [0, 0.05) is 31.4 Å². The van der Waals surface area contributed by atoms with Crippen molar-refractivity contribution < 1.29 is 47.5 Å². The highest BCUT2D eigenvalue weighted by atomic mass is 28.4. The summed E-state index contributed by atoms with van der Waals surface area (Å²) in [6.07, 6.45) is 12.2. The molecule has 0 saturated carbocycles. The Balaban J connectivity index is 1.17. The van der Waals surface area contributed by atoms with Gasteiger partial charge in [-0.2, -0.15) is 0 Å². The van der Waals surface area contributed by atoms with Crippen molar-refractivity contribution in [3.8, 4) is 5.75 Å². The molecule has 5 rings (SSSR count). The molecular formula is C55H82O10Si. The maximum Gasteiger partial charge on any atom is 0.334 e. The Labute approximate surface area is 398 Å². The van der Waals surface area contributed by atoms with Crippen molar-refractivity contribution in [3.05, 3.63) is 114 Å². The molecule has 10 nitrogen and oxygen atoms in total. The number of carbonyl (C=O) groups excluding carboxylic acids is 1. The first-order chi connectivity index (χ1) is 31.4. The Morgan fingerprint density at radius 3 is 2.12 bits per heavy atom. The maximum atomic E-state index is 13.7. The van der Waals surface area contributed by atoms with Crippen molar-refractivity contribution in [2.45, 2.75) is 179 Å². The third-order valence-corrected chi connectivity index (χ3v) is 19.7. The van der Waals surface area contributed by atoms with Crippen molar-refractivity contribution in [1.29, 1.82) is 0 Å². The highest BCUT2D eigenvalue weighted by molar-refractivity contribution is 6.77. The van der Waals surface area contributed by atoms with Gasteiger partial charge in [0.15, 0.2) is 5.60 Å². The molecule has 366 valence electrons. The average Bonchev–Trinajstić information content (AvgIpc) is 3.58. The van der Waals surface area contributed by atoms with E-state index in [-0.39, 0.29) is 68.5 Å². The lowest BCUT2D eigenvalue weighted by Gasteiger charge is -2.44. The first-order valence-corrected chi connectivity index (χ1v) is 26.5. The molecule has 2 aromatic carbocycles. The fourth-order valence-electron chi connectivity index (χ4n) is 10.3. The van der Waals surface area contributed by atoms with E-state index in [2.05, 4.69) is 80.7 Å². The van der Waals surface area contributed by atoms with Crippen LogP contribution in [0.1, 0.15) is 124 Å². The lowest BCUT2D eigenvalue weighted by atomic mass is 9.86. The highest BCUT2D eigenvalue weighted by Gasteiger charge is 2.50. The molecule has 0 bridgehead atoms. The molecule has 1 N–H and O–H groups in total. The molecule has 0 radical (unpaired) electrons. The minimum Gasteiger partial charge on any atom is -0.497 e. The van der Waals surface area contributed by atoms with Crippen molar-refractivity contribution in [2.75, 3.05) is 33.7 Å². The Hall–Kier alpha value is -3.39. The van der Waals surface area contributed by atoms with E-state index in [9.17, 15) is 9.90 Å². The number of aliphatic hydroxyl groups excluding tert-OH is 1. The number of hydrogen-bond donors (Lipinski definition) is 1. The Bertz CT molecular complexity index is 1870. The lowest BCUT2D eigenvalue weighted by molar-refractivity contribution is -0.164. The summed E-state index contributed by atoms with van der Waals surface area (Å²) in [6, 6.07) is 17.9. The molecular weight excluding hydrogens is 849 g/mol. The van der Waals surface area contributed by atoms with Crippen LogP contribution < -0.4 is 4.74 Å². The van der Waals surface area contributed by atoms with Gasteiger partial charge in [-0.15, -0.1) is 0 Å². The van der Waals surface area contributed by atoms with Crippen LogP contribution in [0.5, 0.6) is 5.75 Å². The van der Waals surface area contributed by atoms with Crippen LogP contribution in [0.15, 0.2) is 103 Å². The summed E-state index contributed by atoms with van der Waals surface area (Å²) in [5.41, 5.74) is 5.06. The summed E-state index contributed by atoms with van der Waals surface area (Å²) >= 11 is 0. The van der Waals surface area contributed by atoms with Gasteiger partial charge in [0.1, 0.15) is 12.5 Å². The number of hydrogen-bond acceptors (Lipinski definition) is 10. The maximum absolute atomic E-state index is 13.7. The molecule has 11 heteroatoms. The van der Waals surface area contributed by atoms with Gasteiger partial charge in [0.25, 0.3) is 0 Å². The van der Waals surface area contributed by atoms with E-state index < -0.39 is 13.9 Å². The molecule has 3 fully saturated rings. The second-order valence-corrected chi connectivity index (χ2v) is 26.2. The van der Waals surface area contributed by atoms with Gasteiger partial charge in [-0.1, -0.05) is 140 Å². The molecule has 6 atom stereocenters. The number of ether oxygens (including phenoxy) is 7. The van der Waals surface area contributed by atoms with Crippen LogP contribution in [0.25, 0.3) is 0 Å². The molecule has 0 aromatic heterocycles.